The van der Waals surface area contributed by atoms with E-state index < -0.39 is 10.0 Å². The van der Waals surface area contributed by atoms with Crippen LogP contribution in [0.1, 0.15) is 16.7 Å². The Labute approximate surface area is 129 Å². The van der Waals surface area contributed by atoms with Crippen molar-refractivity contribution in [2.75, 3.05) is 5.73 Å². The van der Waals surface area contributed by atoms with E-state index in [9.17, 15) is 8.42 Å². The van der Waals surface area contributed by atoms with Gasteiger partial charge >= 0.3 is 0 Å². The summed E-state index contributed by atoms with van der Waals surface area (Å²) < 4.78 is 27.4. The van der Waals surface area contributed by atoms with Gasteiger partial charge in [-0.2, -0.15) is 0 Å². The predicted octanol–water partition coefficient (Wildman–Crippen LogP) is 2.41. The number of pyridine rings is 1. The Bertz CT molecular complexity index is 776. The van der Waals surface area contributed by atoms with Crippen molar-refractivity contribution in [3.05, 3.63) is 52.3 Å². The molecule has 0 radical (unpaired) electrons. The van der Waals surface area contributed by atoms with Crippen molar-refractivity contribution in [2.45, 2.75) is 25.3 Å². The van der Waals surface area contributed by atoms with Crippen LogP contribution in [0.2, 0.25) is 5.02 Å². The molecule has 0 fully saturated rings. The minimum atomic E-state index is -3.69. The van der Waals surface area contributed by atoms with Crippen LogP contribution in [0, 0.1) is 13.8 Å². The summed E-state index contributed by atoms with van der Waals surface area (Å²) in [6.07, 6.45) is 3.31. The van der Waals surface area contributed by atoms with Crippen LogP contribution in [0.5, 0.6) is 0 Å². The summed E-state index contributed by atoms with van der Waals surface area (Å²) >= 11 is 5.89. The van der Waals surface area contributed by atoms with Crippen LogP contribution < -0.4 is 10.5 Å². The second-order valence-electron chi connectivity index (χ2n) is 4.74. The van der Waals surface area contributed by atoms with Crippen LogP contribution in [0.4, 0.5) is 5.69 Å². The Kier molecular flexibility index (Phi) is 4.51. The Balaban J connectivity index is 2.30. The third-order valence-electron chi connectivity index (χ3n) is 3.24. The number of nitrogen functional groups attached to an aromatic ring is 1. The zero-order valence-electron chi connectivity index (χ0n) is 11.7. The lowest BCUT2D eigenvalue weighted by Gasteiger charge is -2.12. The van der Waals surface area contributed by atoms with Crippen molar-refractivity contribution >= 4 is 27.3 Å². The number of aromatic nitrogens is 1. The SMILES string of the molecule is Cc1cnccc1CNS(=O)(=O)c1cc(Cl)cc(N)c1C. The van der Waals surface area contributed by atoms with Crippen LogP contribution in [0.25, 0.3) is 0 Å². The summed E-state index contributed by atoms with van der Waals surface area (Å²) in [4.78, 5) is 4.07. The standard InChI is InChI=1S/C14H16ClN3O2S/c1-9-7-17-4-3-11(9)8-18-21(19,20)14-6-12(15)5-13(16)10(14)2/h3-7,18H,8,16H2,1-2H3. The van der Waals surface area contributed by atoms with E-state index in [2.05, 4.69) is 9.71 Å². The molecular formula is C14H16ClN3O2S. The molecule has 2 rings (SSSR count). The number of nitrogens with zero attached hydrogens (tertiary/aromatic N) is 1. The van der Waals surface area contributed by atoms with E-state index in [1.165, 1.54) is 12.1 Å². The molecule has 0 bridgehead atoms. The molecule has 1 heterocycles. The fourth-order valence-electron chi connectivity index (χ4n) is 1.90. The molecule has 0 amide bonds. The molecule has 0 spiro atoms. The number of rotatable bonds is 4. The van der Waals surface area contributed by atoms with E-state index in [0.717, 1.165) is 11.1 Å². The molecule has 112 valence electrons. The molecule has 1 aromatic heterocycles. The van der Waals surface area contributed by atoms with Crippen molar-refractivity contribution in [3.63, 3.8) is 0 Å². The van der Waals surface area contributed by atoms with Gasteiger partial charge in [0.25, 0.3) is 0 Å². The highest BCUT2D eigenvalue weighted by Crippen LogP contribution is 2.26. The normalized spacial score (nSPS) is 11.6. The average Bonchev–Trinajstić information content (AvgIpc) is 2.42. The zero-order valence-corrected chi connectivity index (χ0v) is 13.3. The molecular weight excluding hydrogens is 310 g/mol. The van der Waals surface area contributed by atoms with Gasteiger partial charge in [-0.05, 0) is 48.7 Å². The summed E-state index contributed by atoms with van der Waals surface area (Å²) in [7, 11) is -3.69. The van der Waals surface area contributed by atoms with Gasteiger partial charge in [0.15, 0.2) is 0 Å². The van der Waals surface area contributed by atoms with Gasteiger partial charge in [0.1, 0.15) is 0 Å². The molecule has 0 saturated carbocycles. The highest BCUT2D eigenvalue weighted by atomic mass is 35.5. The topological polar surface area (TPSA) is 85.1 Å². The van der Waals surface area contributed by atoms with Gasteiger partial charge in [0, 0.05) is 29.6 Å². The molecule has 0 saturated heterocycles. The molecule has 3 N–H and O–H groups in total. The van der Waals surface area contributed by atoms with Gasteiger partial charge in [-0.15, -0.1) is 0 Å². The summed E-state index contributed by atoms with van der Waals surface area (Å²) in [6, 6.07) is 4.70. The molecule has 0 atom stereocenters. The number of hydrogen-bond donors (Lipinski definition) is 2. The van der Waals surface area contributed by atoms with E-state index in [4.69, 9.17) is 17.3 Å². The number of halogens is 1. The van der Waals surface area contributed by atoms with Crippen LogP contribution in [-0.2, 0) is 16.6 Å². The van der Waals surface area contributed by atoms with E-state index in [1.807, 2.05) is 6.92 Å². The number of benzene rings is 1. The lowest BCUT2D eigenvalue weighted by atomic mass is 10.2. The summed E-state index contributed by atoms with van der Waals surface area (Å²) in [6.45, 7) is 3.71. The molecule has 0 aliphatic carbocycles. The molecule has 0 unspecified atom stereocenters. The maximum atomic E-state index is 12.4. The lowest BCUT2D eigenvalue weighted by molar-refractivity contribution is 0.580. The molecule has 1 aromatic carbocycles. The zero-order chi connectivity index (χ0) is 15.6. The molecule has 0 aliphatic rings. The smallest absolute Gasteiger partial charge is 0.241 e. The number of nitrogens with two attached hydrogens (primary N) is 1. The Morgan fingerprint density at radius 1 is 1.33 bits per heavy atom. The minimum absolute atomic E-state index is 0.0965. The first kappa shape index (κ1) is 15.8. The maximum Gasteiger partial charge on any atom is 0.241 e. The molecule has 0 aliphatic heterocycles. The summed E-state index contributed by atoms with van der Waals surface area (Å²) in [5.74, 6) is 0. The van der Waals surface area contributed by atoms with E-state index in [0.29, 0.717) is 16.3 Å². The van der Waals surface area contributed by atoms with Crippen LogP contribution in [-0.4, -0.2) is 13.4 Å². The molecule has 2 aromatic rings. The fraction of sp³-hybridized carbons (Fsp3) is 0.214. The number of hydrogen-bond acceptors (Lipinski definition) is 4. The fourth-order valence-corrected chi connectivity index (χ4v) is 3.50. The second kappa shape index (κ2) is 6.01. The first-order chi connectivity index (χ1) is 9.81. The van der Waals surface area contributed by atoms with Gasteiger partial charge < -0.3 is 5.73 Å². The summed E-state index contributed by atoms with van der Waals surface area (Å²) in [5.41, 5.74) is 8.38. The monoisotopic (exact) mass is 325 g/mol. The molecule has 7 heteroatoms. The van der Waals surface area contributed by atoms with Crippen LogP contribution in [0.3, 0.4) is 0 Å². The minimum Gasteiger partial charge on any atom is -0.398 e. The Hall–Kier alpha value is -1.63. The largest absolute Gasteiger partial charge is 0.398 e. The third kappa shape index (κ3) is 3.53. The van der Waals surface area contributed by atoms with Gasteiger partial charge in [-0.1, -0.05) is 11.6 Å². The predicted molar refractivity (Wildman–Crippen MR) is 83.6 cm³/mol. The molecule has 21 heavy (non-hydrogen) atoms. The van der Waals surface area contributed by atoms with Gasteiger partial charge in [-0.25, -0.2) is 13.1 Å². The Morgan fingerprint density at radius 3 is 2.71 bits per heavy atom. The van der Waals surface area contributed by atoms with Crippen molar-refractivity contribution < 1.29 is 8.42 Å². The lowest BCUT2D eigenvalue weighted by Crippen LogP contribution is -2.24. The third-order valence-corrected chi connectivity index (χ3v) is 4.99. The van der Waals surface area contributed by atoms with E-state index in [1.54, 1.807) is 25.4 Å². The van der Waals surface area contributed by atoms with Crippen molar-refractivity contribution in [1.29, 1.82) is 0 Å². The van der Waals surface area contributed by atoms with Gasteiger partial charge in [0.2, 0.25) is 10.0 Å². The maximum absolute atomic E-state index is 12.4. The molecule has 5 nitrogen and oxygen atoms in total. The van der Waals surface area contributed by atoms with Gasteiger partial charge in [-0.3, -0.25) is 4.98 Å². The number of nitrogens with one attached hydrogen (secondary N) is 1. The highest BCUT2D eigenvalue weighted by Gasteiger charge is 2.19. The highest BCUT2D eigenvalue weighted by molar-refractivity contribution is 7.89. The second-order valence-corrected chi connectivity index (χ2v) is 6.92. The first-order valence-corrected chi connectivity index (χ1v) is 8.12. The van der Waals surface area contributed by atoms with Crippen LogP contribution in [0.15, 0.2) is 35.5 Å². The number of aryl methyl sites for hydroxylation is 1. The van der Waals surface area contributed by atoms with Gasteiger partial charge in [0.05, 0.1) is 4.90 Å². The number of sulfonamides is 1. The Morgan fingerprint density at radius 2 is 2.05 bits per heavy atom. The average molecular weight is 326 g/mol. The first-order valence-electron chi connectivity index (χ1n) is 6.26. The van der Waals surface area contributed by atoms with E-state index >= 15 is 0 Å². The van der Waals surface area contributed by atoms with E-state index in [-0.39, 0.29) is 11.4 Å². The number of anilines is 1. The van der Waals surface area contributed by atoms with Crippen molar-refractivity contribution in [1.82, 2.24) is 9.71 Å². The van der Waals surface area contributed by atoms with Crippen molar-refractivity contribution in [3.8, 4) is 0 Å². The summed E-state index contributed by atoms with van der Waals surface area (Å²) in [5, 5.41) is 0.290. The van der Waals surface area contributed by atoms with Crippen molar-refractivity contribution in [2.24, 2.45) is 0 Å². The van der Waals surface area contributed by atoms with Crippen LogP contribution >= 0.6 is 11.6 Å². The quantitative estimate of drug-likeness (QED) is 0.845.